The Balaban J connectivity index is 1.46. The summed E-state index contributed by atoms with van der Waals surface area (Å²) in [5.74, 6) is -0.354. The van der Waals surface area contributed by atoms with Crippen LogP contribution in [0.3, 0.4) is 0 Å². The molecule has 2 amide bonds. The van der Waals surface area contributed by atoms with Gasteiger partial charge in [-0.1, -0.05) is 0 Å². The van der Waals surface area contributed by atoms with Gasteiger partial charge in [-0.3, -0.25) is 14.5 Å². The molecule has 1 fully saturated rings. The molecule has 0 aliphatic carbocycles. The smallest absolute Gasteiger partial charge is 0.255 e. The van der Waals surface area contributed by atoms with Crippen LogP contribution in [0.25, 0.3) is 0 Å². The standard InChI is InChI=1S/C17H22N4O3S/c1-12(18-16(22)14-3-8-24-10-14)17(23)21-6-4-20(5-7-21)9-15-11-25-13(2)19-15/h3,8,10-12H,4-7,9H2,1-2H3,(H,18,22). The number of nitrogens with zero attached hydrogens (tertiary/aromatic N) is 3. The van der Waals surface area contributed by atoms with Gasteiger partial charge in [-0.15, -0.1) is 11.3 Å². The van der Waals surface area contributed by atoms with Crippen LogP contribution in [0.15, 0.2) is 28.4 Å². The molecule has 1 unspecified atom stereocenters. The SMILES string of the molecule is Cc1nc(CN2CCN(C(=O)C(C)NC(=O)c3ccoc3)CC2)cs1. The van der Waals surface area contributed by atoms with Gasteiger partial charge >= 0.3 is 0 Å². The minimum absolute atomic E-state index is 0.0546. The van der Waals surface area contributed by atoms with Crippen LogP contribution in [-0.2, 0) is 11.3 Å². The zero-order chi connectivity index (χ0) is 17.8. The molecule has 2 aromatic heterocycles. The topological polar surface area (TPSA) is 78.7 Å². The fourth-order valence-electron chi connectivity index (χ4n) is 2.85. The molecule has 1 atom stereocenters. The summed E-state index contributed by atoms with van der Waals surface area (Å²) in [6.07, 6.45) is 2.80. The summed E-state index contributed by atoms with van der Waals surface area (Å²) in [5, 5.41) is 5.88. The first kappa shape index (κ1) is 17.6. The van der Waals surface area contributed by atoms with Gasteiger partial charge in [-0.05, 0) is 19.9 Å². The van der Waals surface area contributed by atoms with E-state index in [9.17, 15) is 9.59 Å². The Labute approximate surface area is 150 Å². The number of nitrogens with one attached hydrogen (secondary N) is 1. The summed E-state index contributed by atoms with van der Waals surface area (Å²) < 4.78 is 4.89. The van der Waals surface area contributed by atoms with E-state index in [0.29, 0.717) is 18.7 Å². The summed E-state index contributed by atoms with van der Waals surface area (Å²) in [4.78, 5) is 33.1. The maximum Gasteiger partial charge on any atom is 0.255 e. The number of hydrogen-bond donors (Lipinski definition) is 1. The van der Waals surface area contributed by atoms with E-state index in [1.54, 1.807) is 24.3 Å². The number of amides is 2. The molecular formula is C17H22N4O3S. The van der Waals surface area contributed by atoms with Crippen LogP contribution in [0.5, 0.6) is 0 Å². The first-order valence-corrected chi connectivity index (χ1v) is 9.16. The van der Waals surface area contributed by atoms with E-state index in [0.717, 1.165) is 30.3 Å². The largest absolute Gasteiger partial charge is 0.472 e. The maximum atomic E-state index is 12.5. The van der Waals surface area contributed by atoms with Crippen LogP contribution >= 0.6 is 11.3 Å². The number of thiazole rings is 1. The molecule has 0 aromatic carbocycles. The van der Waals surface area contributed by atoms with Gasteiger partial charge in [0.25, 0.3) is 5.91 Å². The highest BCUT2D eigenvalue weighted by atomic mass is 32.1. The van der Waals surface area contributed by atoms with Gasteiger partial charge in [0.1, 0.15) is 12.3 Å². The van der Waals surface area contributed by atoms with Crippen molar-refractivity contribution in [3.05, 3.63) is 40.2 Å². The molecule has 1 saturated heterocycles. The number of carbonyl (C=O) groups is 2. The van der Waals surface area contributed by atoms with Gasteiger partial charge < -0.3 is 14.6 Å². The van der Waals surface area contributed by atoms with Crippen molar-refractivity contribution < 1.29 is 14.0 Å². The second-order valence-electron chi connectivity index (χ2n) is 6.17. The summed E-state index contributed by atoms with van der Waals surface area (Å²) in [5.41, 5.74) is 1.51. The first-order chi connectivity index (χ1) is 12.0. The molecule has 3 heterocycles. The van der Waals surface area contributed by atoms with Gasteiger partial charge in [0.2, 0.25) is 5.91 Å². The fourth-order valence-corrected chi connectivity index (χ4v) is 3.45. The van der Waals surface area contributed by atoms with E-state index in [2.05, 4.69) is 20.6 Å². The fraction of sp³-hybridized carbons (Fsp3) is 0.471. The van der Waals surface area contributed by atoms with Crippen molar-refractivity contribution >= 4 is 23.2 Å². The third-order valence-electron chi connectivity index (χ3n) is 4.24. The number of piperazine rings is 1. The molecule has 0 saturated carbocycles. The van der Waals surface area contributed by atoms with E-state index < -0.39 is 6.04 Å². The molecule has 25 heavy (non-hydrogen) atoms. The minimum atomic E-state index is -0.560. The third-order valence-corrected chi connectivity index (χ3v) is 5.06. The zero-order valence-electron chi connectivity index (χ0n) is 14.4. The van der Waals surface area contributed by atoms with Crippen LogP contribution in [0.4, 0.5) is 0 Å². The molecule has 0 bridgehead atoms. The number of hydrogen-bond acceptors (Lipinski definition) is 6. The molecule has 134 valence electrons. The Kier molecular flexibility index (Phi) is 5.50. The summed E-state index contributed by atoms with van der Waals surface area (Å²) >= 11 is 1.66. The van der Waals surface area contributed by atoms with Gasteiger partial charge in [0.05, 0.1) is 22.5 Å². The molecule has 0 radical (unpaired) electrons. The normalized spacial score (nSPS) is 16.6. The van der Waals surface area contributed by atoms with Gasteiger partial charge in [0.15, 0.2) is 0 Å². The average molecular weight is 362 g/mol. The Bertz CT molecular complexity index is 720. The van der Waals surface area contributed by atoms with Crippen LogP contribution < -0.4 is 5.32 Å². The summed E-state index contributed by atoms with van der Waals surface area (Å²) in [7, 11) is 0. The van der Waals surface area contributed by atoms with Gasteiger partial charge in [-0.25, -0.2) is 4.98 Å². The van der Waals surface area contributed by atoms with Crippen molar-refractivity contribution in [2.75, 3.05) is 26.2 Å². The number of aryl methyl sites for hydroxylation is 1. The number of furan rings is 1. The Hall–Kier alpha value is -2.19. The van der Waals surface area contributed by atoms with Crippen molar-refractivity contribution in [1.82, 2.24) is 20.1 Å². The summed E-state index contributed by atoms with van der Waals surface area (Å²) in [6, 6.07) is 1.01. The Morgan fingerprint density at radius 1 is 1.36 bits per heavy atom. The molecule has 1 aliphatic rings. The van der Waals surface area contributed by atoms with Crippen molar-refractivity contribution in [3.8, 4) is 0 Å². The van der Waals surface area contributed by atoms with Crippen LogP contribution in [0.2, 0.25) is 0 Å². The van der Waals surface area contributed by atoms with Crippen molar-refractivity contribution in [2.45, 2.75) is 26.4 Å². The molecule has 8 heteroatoms. The lowest BCUT2D eigenvalue weighted by Gasteiger charge is -2.35. The first-order valence-electron chi connectivity index (χ1n) is 8.28. The highest BCUT2D eigenvalue weighted by Gasteiger charge is 2.26. The lowest BCUT2D eigenvalue weighted by Crippen LogP contribution is -2.53. The van der Waals surface area contributed by atoms with E-state index >= 15 is 0 Å². The lowest BCUT2D eigenvalue weighted by molar-refractivity contribution is -0.134. The minimum Gasteiger partial charge on any atom is -0.472 e. The zero-order valence-corrected chi connectivity index (χ0v) is 15.2. The molecule has 0 spiro atoms. The predicted octanol–water partition coefficient (Wildman–Crippen LogP) is 1.51. The van der Waals surface area contributed by atoms with E-state index in [-0.39, 0.29) is 11.8 Å². The number of rotatable bonds is 5. The van der Waals surface area contributed by atoms with Crippen LogP contribution in [0, 0.1) is 6.92 Å². The highest BCUT2D eigenvalue weighted by molar-refractivity contribution is 7.09. The Morgan fingerprint density at radius 2 is 2.12 bits per heavy atom. The van der Waals surface area contributed by atoms with Crippen LogP contribution in [0.1, 0.15) is 28.0 Å². The van der Waals surface area contributed by atoms with Gasteiger partial charge in [0, 0.05) is 38.1 Å². The van der Waals surface area contributed by atoms with Gasteiger partial charge in [-0.2, -0.15) is 0 Å². The number of aromatic nitrogens is 1. The lowest BCUT2D eigenvalue weighted by atomic mass is 10.2. The van der Waals surface area contributed by atoms with Crippen molar-refractivity contribution in [3.63, 3.8) is 0 Å². The quantitative estimate of drug-likeness (QED) is 0.872. The highest BCUT2D eigenvalue weighted by Crippen LogP contribution is 2.13. The summed E-state index contributed by atoms with van der Waals surface area (Å²) in [6.45, 7) is 7.48. The molecule has 7 nitrogen and oxygen atoms in total. The number of carbonyl (C=O) groups excluding carboxylic acids is 2. The van der Waals surface area contributed by atoms with E-state index in [1.807, 2.05) is 11.8 Å². The molecule has 2 aromatic rings. The second kappa shape index (κ2) is 7.79. The molecule has 3 rings (SSSR count). The monoisotopic (exact) mass is 362 g/mol. The van der Waals surface area contributed by atoms with E-state index in [1.165, 1.54) is 12.5 Å². The average Bonchev–Trinajstić information content (AvgIpc) is 3.27. The maximum absolute atomic E-state index is 12.5. The van der Waals surface area contributed by atoms with Crippen molar-refractivity contribution in [2.24, 2.45) is 0 Å². The molecule has 1 aliphatic heterocycles. The molecule has 1 N–H and O–H groups in total. The van der Waals surface area contributed by atoms with Crippen LogP contribution in [-0.4, -0.2) is 58.8 Å². The van der Waals surface area contributed by atoms with E-state index in [4.69, 9.17) is 4.42 Å². The third kappa shape index (κ3) is 4.46. The van der Waals surface area contributed by atoms with Crippen molar-refractivity contribution in [1.29, 1.82) is 0 Å². The second-order valence-corrected chi connectivity index (χ2v) is 7.23. The Morgan fingerprint density at radius 3 is 2.72 bits per heavy atom. The molecular weight excluding hydrogens is 340 g/mol. The predicted molar refractivity (Wildman–Crippen MR) is 94.3 cm³/mol.